The summed E-state index contributed by atoms with van der Waals surface area (Å²) in [5, 5.41) is 2.79. The highest BCUT2D eigenvalue weighted by Gasteiger charge is 1.98. The smallest absolute Gasteiger partial charge is 0.246 e. The van der Waals surface area contributed by atoms with E-state index >= 15 is 0 Å². The topological polar surface area (TPSA) is 55.1 Å². The van der Waals surface area contributed by atoms with Crippen LogP contribution in [-0.4, -0.2) is 19.0 Å². The Morgan fingerprint density at radius 2 is 1.86 bits per heavy atom. The van der Waals surface area contributed by atoms with Crippen molar-refractivity contribution in [2.24, 2.45) is 5.73 Å². The number of hydrogen-bond donors (Lipinski definition) is 2. The van der Waals surface area contributed by atoms with Gasteiger partial charge in [-0.2, -0.15) is 0 Å². The number of hydrogen-bond acceptors (Lipinski definition) is 2. The first-order valence-electron chi connectivity index (χ1n) is 4.82. The summed E-state index contributed by atoms with van der Waals surface area (Å²) in [5.41, 5.74) is 5.92. The molecule has 0 rings (SSSR count). The fourth-order valence-electron chi connectivity index (χ4n) is 0.976. The maximum absolute atomic E-state index is 11.0. The lowest BCUT2D eigenvalue weighted by molar-refractivity contribution is -0.117. The van der Waals surface area contributed by atoms with Crippen molar-refractivity contribution in [3.63, 3.8) is 0 Å². The molecular weight excluding hydrogens is 200 g/mol. The van der Waals surface area contributed by atoms with Gasteiger partial charge in [0.25, 0.3) is 0 Å². The summed E-state index contributed by atoms with van der Waals surface area (Å²) in [6, 6.07) is 0. The lowest BCUT2D eigenvalue weighted by Gasteiger charge is -2.03. The summed E-state index contributed by atoms with van der Waals surface area (Å²) in [6.07, 6.45) is 4.39. The number of halogens is 1. The molecule has 0 unspecified atom stereocenters. The van der Waals surface area contributed by atoms with Crippen molar-refractivity contribution in [3.8, 4) is 0 Å². The molecule has 0 aromatic carbocycles. The SMILES string of the molecule is C=C(C)C(=O)NCCCCCCN.Cl. The number of nitrogens with two attached hydrogens (primary N) is 1. The van der Waals surface area contributed by atoms with Gasteiger partial charge in [0.1, 0.15) is 0 Å². The largest absolute Gasteiger partial charge is 0.352 e. The molecule has 0 aromatic heterocycles. The lowest BCUT2D eigenvalue weighted by atomic mass is 10.2. The van der Waals surface area contributed by atoms with Crippen LogP contribution in [0.25, 0.3) is 0 Å². The highest BCUT2D eigenvalue weighted by Crippen LogP contribution is 1.97. The van der Waals surface area contributed by atoms with Crippen LogP contribution < -0.4 is 11.1 Å². The van der Waals surface area contributed by atoms with E-state index < -0.39 is 0 Å². The van der Waals surface area contributed by atoms with Gasteiger partial charge in [-0.3, -0.25) is 4.79 Å². The van der Waals surface area contributed by atoms with E-state index in [4.69, 9.17) is 5.73 Å². The first-order chi connectivity index (χ1) is 6.18. The Bertz CT molecular complexity index is 172. The zero-order chi connectivity index (χ0) is 10.1. The van der Waals surface area contributed by atoms with Crippen LogP contribution in [0.5, 0.6) is 0 Å². The fourth-order valence-corrected chi connectivity index (χ4v) is 0.976. The first-order valence-corrected chi connectivity index (χ1v) is 4.82. The van der Waals surface area contributed by atoms with E-state index in [0.717, 1.165) is 38.8 Å². The Morgan fingerprint density at radius 1 is 1.29 bits per heavy atom. The second-order valence-corrected chi connectivity index (χ2v) is 3.24. The van der Waals surface area contributed by atoms with Crippen LogP contribution in [0.15, 0.2) is 12.2 Å². The van der Waals surface area contributed by atoms with Gasteiger partial charge in [0.2, 0.25) is 5.91 Å². The molecular formula is C10H21ClN2O. The summed E-state index contributed by atoms with van der Waals surface area (Å²) in [7, 11) is 0. The molecule has 0 aliphatic rings. The molecule has 84 valence electrons. The van der Waals surface area contributed by atoms with Gasteiger partial charge in [-0.05, 0) is 26.3 Å². The zero-order valence-corrected chi connectivity index (χ0v) is 9.66. The van der Waals surface area contributed by atoms with Crippen LogP contribution in [0.4, 0.5) is 0 Å². The monoisotopic (exact) mass is 220 g/mol. The number of carbonyl (C=O) groups is 1. The van der Waals surface area contributed by atoms with E-state index in [-0.39, 0.29) is 18.3 Å². The standard InChI is InChI=1S/C10H20N2O.ClH/c1-9(2)10(13)12-8-6-4-3-5-7-11;/h1,3-8,11H2,2H3,(H,12,13);1H. The number of amides is 1. The van der Waals surface area contributed by atoms with Crippen molar-refractivity contribution in [2.45, 2.75) is 32.6 Å². The minimum Gasteiger partial charge on any atom is -0.352 e. The second kappa shape index (κ2) is 10.5. The lowest BCUT2D eigenvalue weighted by Crippen LogP contribution is -2.24. The Kier molecular flexibility index (Phi) is 12.0. The quantitative estimate of drug-likeness (QED) is 0.506. The molecule has 0 spiro atoms. The molecule has 3 N–H and O–H groups in total. The van der Waals surface area contributed by atoms with Gasteiger partial charge in [-0.15, -0.1) is 12.4 Å². The highest BCUT2D eigenvalue weighted by atomic mass is 35.5. The second-order valence-electron chi connectivity index (χ2n) is 3.24. The molecule has 0 saturated carbocycles. The third-order valence-electron chi connectivity index (χ3n) is 1.80. The average Bonchev–Trinajstić information content (AvgIpc) is 2.10. The third kappa shape index (κ3) is 9.55. The van der Waals surface area contributed by atoms with Crippen LogP contribution in [-0.2, 0) is 4.79 Å². The Labute approximate surface area is 92.5 Å². The third-order valence-corrected chi connectivity index (χ3v) is 1.80. The van der Waals surface area contributed by atoms with Crippen molar-refractivity contribution >= 4 is 18.3 Å². The molecule has 0 aromatic rings. The van der Waals surface area contributed by atoms with E-state index in [1.165, 1.54) is 0 Å². The van der Waals surface area contributed by atoms with E-state index in [0.29, 0.717) is 5.57 Å². The summed E-state index contributed by atoms with van der Waals surface area (Å²) in [4.78, 5) is 11.0. The Morgan fingerprint density at radius 3 is 2.36 bits per heavy atom. The minimum absolute atomic E-state index is 0. The molecule has 1 amide bonds. The molecule has 0 saturated heterocycles. The number of carbonyl (C=O) groups excluding carboxylic acids is 1. The molecule has 0 fully saturated rings. The predicted molar refractivity (Wildman–Crippen MR) is 62.6 cm³/mol. The molecule has 0 atom stereocenters. The minimum atomic E-state index is -0.0428. The Balaban J connectivity index is 0. The molecule has 14 heavy (non-hydrogen) atoms. The van der Waals surface area contributed by atoms with E-state index in [2.05, 4.69) is 11.9 Å². The van der Waals surface area contributed by atoms with Crippen molar-refractivity contribution in [1.82, 2.24) is 5.32 Å². The summed E-state index contributed by atoms with van der Waals surface area (Å²) >= 11 is 0. The molecule has 0 aliphatic carbocycles. The van der Waals surface area contributed by atoms with Crippen LogP contribution in [0.1, 0.15) is 32.6 Å². The molecule has 0 heterocycles. The number of rotatable bonds is 7. The molecule has 0 bridgehead atoms. The molecule has 4 heteroatoms. The van der Waals surface area contributed by atoms with Gasteiger partial charge >= 0.3 is 0 Å². The van der Waals surface area contributed by atoms with E-state index in [1.54, 1.807) is 6.92 Å². The van der Waals surface area contributed by atoms with Crippen LogP contribution >= 0.6 is 12.4 Å². The van der Waals surface area contributed by atoms with Crippen LogP contribution in [0.3, 0.4) is 0 Å². The normalized spacial score (nSPS) is 9.00. The summed E-state index contributed by atoms with van der Waals surface area (Å²) in [6.45, 7) is 6.78. The molecule has 0 radical (unpaired) electrons. The summed E-state index contributed by atoms with van der Waals surface area (Å²) in [5.74, 6) is -0.0428. The summed E-state index contributed by atoms with van der Waals surface area (Å²) < 4.78 is 0. The number of nitrogens with one attached hydrogen (secondary N) is 1. The van der Waals surface area contributed by atoms with Crippen molar-refractivity contribution < 1.29 is 4.79 Å². The van der Waals surface area contributed by atoms with Gasteiger partial charge < -0.3 is 11.1 Å². The zero-order valence-electron chi connectivity index (χ0n) is 8.84. The predicted octanol–water partition coefficient (Wildman–Crippen LogP) is 1.62. The molecule has 3 nitrogen and oxygen atoms in total. The van der Waals surface area contributed by atoms with Crippen LogP contribution in [0.2, 0.25) is 0 Å². The van der Waals surface area contributed by atoms with E-state index in [9.17, 15) is 4.79 Å². The van der Waals surface area contributed by atoms with Crippen LogP contribution in [0, 0.1) is 0 Å². The Hall–Kier alpha value is -0.540. The van der Waals surface area contributed by atoms with Crippen molar-refractivity contribution in [3.05, 3.63) is 12.2 Å². The fraction of sp³-hybridized carbons (Fsp3) is 0.700. The van der Waals surface area contributed by atoms with Gasteiger partial charge in [0.15, 0.2) is 0 Å². The van der Waals surface area contributed by atoms with Crippen molar-refractivity contribution in [2.75, 3.05) is 13.1 Å². The first kappa shape index (κ1) is 15.9. The maximum atomic E-state index is 11.0. The highest BCUT2D eigenvalue weighted by molar-refractivity contribution is 5.91. The van der Waals surface area contributed by atoms with E-state index in [1.807, 2.05) is 0 Å². The van der Waals surface area contributed by atoms with Gasteiger partial charge in [0, 0.05) is 12.1 Å². The van der Waals surface area contributed by atoms with Gasteiger partial charge in [-0.1, -0.05) is 19.4 Å². The number of unbranched alkanes of at least 4 members (excludes halogenated alkanes) is 3. The maximum Gasteiger partial charge on any atom is 0.246 e. The average molecular weight is 221 g/mol. The van der Waals surface area contributed by atoms with Gasteiger partial charge in [0.05, 0.1) is 0 Å². The molecule has 0 aliphatic heterocycles. The van der Waals surface area contributed by atoms with Crippen molar-refractivity contribution in [1.29, 1.82) is 0 Å². The van der Waals surface area contributed by atoms with Gasteiger partial charge in [-0.25, -0.2) is 0 Å².